The molecule has 0 radical (unpaired) electrons. The number of rotatable bonds is 6. The molecule has 12 heavy (non-hydrogen) atoms. The zero-order valence-corrected chi connectivity index (χ0v) is 8.72. The summed E-state index contributed by atoms with van der Waals surface area (Å²) in [6.45, 7) is 6.59. The van der Waals surface area contributed by atoms with Crippen molar-refractivity contribution < 1.29 is 5.11 Å². The predicted molar refractivity (Wildman–Crippen MR) is 52.3 cm³/mol. The molecule has 0 aromatic heterocycles. The third kappa shape index (κ3) is 9.88. The molecule has 0 fully saturated rings. The minimum absolute atomic E-state index is 0.537. The van der Waals surface area contributed by atoms with Crippen molar-refractivity contribution >= 4 is 0 Å². The van der Waals surface area contributed by atoms with Crippen LogP contribution in [-0.4, -0.2) is 49.3 Å². The van der Waals surface area contributed by atoms with Crippen molar-refractivity contribution in [3.8, 4) is 0 Å². The van der Waals surface area contributed by atoms with Crippen LogP contribution in [0.2, 0.25) is 0 Å². The van der Waals surface area contributed by atoms with E-state index in [1.807, 2.05) is 13.8 Å². The minimum atomic E-state index is -0.537. The van der Waals surface area contributed by atoms with Crippen LogP contribution in [-0.2, 0) is 0 Å². The Bertz CT molecular complexity index is 108. The molecule has 2 N–H and O–H groups in total. The Balaban J connectivity index is 3.12. The quantitative estimate of drug-likeness (QED) is 0.568. The Morgan fingerprint density at radius 2 is 1.83 bits per heavy atom. The first kappa shape index (κ1) is 11.9. The molecule has 0 unspecified atom stereocenters. The van der Waals surface area contributed by atoms with E-state index in [9.17, 15) is 5.11 Å². The minimum Gasteiger partial charge on any atom is -0.390 e. The van der Waals surface area contributed by atoms with E-state index in [4.69, 9.17) is 0 Å². The molecule has 0 amide bonds. The number of aliphatic hydroxyl groups is 1. The number of nitrogens with one attached hydrogen (secondary N) is 1. The molecule has 0 saturated carbocycles. The van der Waals surface area contributed by atoms with E-state index < -0.39 is 5.60 Å². The normalized spacial score (nSPS) is 12.5. The average molecular weight is 174 g/mol. The molecule has 0 spiro atoms. The van der Waals surface area contributed by atoms with Crippen molar-refractivity contribution in [2.75, 3.05) is 33.7 Å². The fourth-order valence-corrected chi connectivity index (χ4v) is 0.822. The van der Waals surface area contributed by atoms with Gasteiger partial charge in [0, 0.05) is 13.1 Å². The van der Waals surface area contributed by atoms with Crippen molar-refractivity contribution in [3.05, 3.63) is 0 Å². The molecule has 0 aliphatic rings. The summed E-state index contributed by atoms with van der Waals surface area (Å²) in [6.07, 6.45) is 0.806. The van der Waals surface area contributed by atoms with E-state index >= 15 is 0 Å². The lowest BCUT2D eigenvalue weighted by Crippen LogP contribution is -2.31. The van der Waals surface area contributed by atoms with Gasteiger partial charge < -0.3 is 15.3 Å². The molecule has 74 valence electrons. The van der Waals surface area contributed by atoms with E-state index in [0.29, 0.717) is 0 Å². The fourth-order valence-electron chi connectivity index (χ4n) is 0.822. The summed E-state index contributed by atoms with van der Waals surface area (Å²) in [5.74, 6) is 0. The summed E-state index contributed by atoms with van der Waals surface area (Å²) < 4.78 is 0. The van der Waals surface area contributed by atoms with Crippen LogP contribution in [0.5, 0.6) is 0 Å². The summed E-state index contributed by atoms with van der Waals surface area (Å²) in [7, 11) is 4.11. The number of likely N-dealkylation sites (N-methyl/N-ethyl adjacent to an activating group) is 1. The van der Waals surface area contributed by atoms with Gasteiger partial charge >= 0.3 is 0 Å². The number of hydrogen-bond donors (Lipinski definition) is 2. The highest BCUT2D eigenvalue weighted by Gasteiger charge is 2.10. The van der Waals surface area contributed by atoms with Crippen LogP contribution in [0.3, 0.4) is 0 Å². The van der Waals surface area contributed by atoms with Crippen LogP contribution < -0.4 is 5.32 Å². The number of nitrogens with zero attached hydrogens (tertiary/aromatic N) is 1. The van der Waals surface area contributed by atoms with E-state index in [0.717, 1.165) is 26.1 Å². The smallest absolute Gasteiger partial charge is 0.0603 e. The number of hydrogen-bond acceptors (Lipinski definition) is 3. The lowest BCUT2D eigenvalue weighted by molar-refractivity contribution is 0.0711. The van der Waals surface area contributed by atoms with Crippen LogP contribution in [0.15, 0.2) is 0 Å². The third-order valence-electron chi connectivity index (χ3n) is 1.65. The first-order valence-electron chi connectivity index (χ1n) is 4.49. The molecule has 0 rings (SSSR count). The van der Waals surface area contributed by atoms with Gasteiger partial charge in [-0.3, -0.25) is 0 Å². The Labute approximate surface area is 75.8 Å². The van der Waals surface area contributed by atoms with Crippen LogP contribution in [0.4, 0.5) is 0 Å². The van der Waals surface area contributed by atoms with Crippen molar-refractivity contribution in [1.29, 1.82) is 0 Å². The zero-order chi connectivity index (χ0) is 9.61. The summed E-state index contributed by atoms with van der Waals surface area (Å²) in [6, 6.07) is 0. The van der Waals surface area contributed by atoms with Gasteiger partial charge in [-0.25, -0.2) is 0 Å². The van der Waals surface area contributed by atoms with E-state index in [1.165, 1.54) is 0 Å². The topological polar surface area (TPSA) is 35.5 Å². The van der Waals surface area contributed by atoms with E-state index in [-0.39, 0.29) is 0 Å². The van der Waals surface area contributed by atoms with Gasteiger partial charge in [0.2, 0.25) is 0 Å². The van der Waals surface area contributed by atoms with Gasteiger partial charge in [-0.05, 0) is 40.9 Å². The largest absolute Gasteiger partial charge is 0.390 e. The van der Waals surface area contributed by atoms with Gasteiger partial charge in [0.25, 0.3) is 0 Å². The highest BCUT2D eigenvalue weighted by molar-refractivity contribution is 4.66. The maximum absolute atomic E-state index is 9.38. The molecule has 0 heterocycles. The second kappa shape index (κ2) is 5.51. The molecular weight excluding hydrogens is 152 g/mol. The van der Waals surface area contributed by atoms with Crippen LogP contribution in [0, 0.1) is 0 Å². The zero-order valence-electron chi connectivity index (χ0n) is 8.72. The molecule has 0 bridgehead atoms. The highest BCUT2D eigenvalue weighted by Crippen LogP contribution is 2.04. The lowest BCUT2D eigenvalue weighted by atomic mass is 10.1. The van der Waals surface area contributed by atoms with Crippen LogP contribution >= 0.6 is 0 Å². The van der Waals surface area contributed by atoms with Gasteiger partial charge in [0.15, 0.2) is 0 Å². The van der Waals surface area contributed by atoms with Crippen molar-refractivity contribution in [2.24, 2.45) is 0 Å². The third-order valence-corrected chi connectivity index (χ3v) is 1.65. The molecule has 0 atom stereocenters. The first-order valence-corrected chi connectivity index (χ1v) is 4.49. The SMILES string of the molecule is CN(C)CCNCCC(C)(C)O. The molecule has 3 heteroatoms. The highest BCUT2D eigenvalue weighted by atomic mass is 16.3. The van der Waals surface area contributed by atoms with Crippen molar-refractivity contribution in [2.45, 2.75) is 25.9 Å². The summed E-state index contributed by atoms with van der Waals surface area (Å²) in [5, 5.41) is 12.6. The molecular formula is C9H22N2O. The van der Waals surface area contributed by atoms with Gasteiger partial charge in [0.05, 0.1) is 5.60 Å². The van der Waals surface area contributed by atoms with Gasteiger partial charge in [-0.2, -0.15) is 0 Å². The predicted octanol–water partition coefficient (Wildman–Crippen LogP) is 0.299. The summed E-state index contributed by atoms with van der Waals surface area (Å²) in [4.78, 5) is 2.14. The standard InChI is InChI=1S/C9H22N2O/c1-9(2,12)5-6-10-7-8-11(3)4/h10,12H,5-8H2,1-4H3. The van der Waals surface area contributed by atoms with Gasteiger partial charge in [-0.1, -0.05) is 0 Å². The Morgan fingerprint density at radius 3 is 2.25 bits per heavy atom. The Morgan fingerprint density at radius 1 is 1.25 bits per heavy atom. The molecule has 0 aliphatic carbocycles. The van der Waals surface area contributed by atoms with E-state index in [2.05, 4.69) is 24.3 Å². The second-order valence-corrected chi connectivity index (χ2v) is 4.12. The first-order chi connectivity index (χ1) is 5.42. The second-order valence-electron chi connectivity index (χ2n) is 4.12. The molecule has 0 aromatic carbocycles. The van der Waals surface area contributed by atoms with Gasteiger partial charge in [0.1, 0.15) is 0 Å². The maximum atomic E-state index is 9.38. The fraction of sp³-hybridized carbons (Fsp3) is 1.00. The molecule has 3 nitrogen and oxygen atoms in total. The maximum Gasteiger partial charge on any atom is 0.0603 e. The summed E-state index contributed by atoms with van der Waals surface area (Å²) in [5.41, 5.74) is -0.537. The average Bonchev–Trinajstić information content (AvgIpc) is 1.83. The lowest BCUT2D eigenvalue weighted by Gasteiger charge is -2.17. The van der Waals surface area contributed by atoms with Crippen molar-refractivity contribution in [1.82, 2.24) is 10.2 Å². The van der Waals surface area contributed by atoms with Gasteiger partial charge in [-0.15, -0.1) is 0 Å². The monoisotopic (exact) mass is 174 g/mol. The summed E-state index contributed by atoms with van der Waals surface area (Å²) >= 11 is 0. The van der Waals surface area contributed by atoms with Crippen LogP contribution in [0.25, 0.3) is 0 Å². The Kier molecular flexibility index (Phi) is 5.46. The molecule has 0 aromatic rings. The van der Waals surface area contributed by atoms with Crippen molar-refractivity contribution in [3.63, 3.8) is 0 Å². The van der Waals surface area contributed by atoms with Crippen LogP contribution in [0.1, 0.15) is 20.3 Å². The Hall–Kier alpha value is -0.120. The molecule has 0 saturated heterocycles. The molecule has 0 aliphatic heterocycles. The van der Waals surface area contributed by atoms with E-state index in [1.54, 1.807) is 0 Å².